The number of amides is 1. The first-order chi connectivity index (χ1) is 17.5. The van der Waals surface area contributed by atoms with E-state index in [1.807, 2.05) is 6.07 Å². The van der Waals surface area contributed by atoms with Gasteiger partial charge in [0.25, 0.3) is 17.3 Å². The Balaban J connectivity index is 1.58. The molecule has 4 rings (SSSR count). The summed E-state index contributed by atoms with van der Waals surface area (Å²) in [7, 11) is -2.26. The van der Waals surface area contributed by atoms with Crippen LogP contribution in [0.2, 0.25) is 0 Å². The number of nitriles is 1. The van der Waals surface area contributed by atoms with Crippen LogP contribution in [0.1, 0.15) is 48.2 Å². The Morgan fingerprint density at radius 2 is 1.97 bits per heavy atom. The van der Waals surface area contributed by atoms with Crippen molar-refractivity contribution in [2.75, 3.05) is 13.2 Å². The van der Waals surface area contributed by atoms with Gasteiger partial charge in [-0.05, 0) is 50.5 Å². The number of rotatable bonds is 9. The summed E-state index contributed by atoms with van der Waals surface area (Å²) in [6, 6.07) is 10.1. The molecule has 2 heterocycles. The molecule has 0 saturated heterocycles. The fourth-order valence-corrected chi connectivity index (χ4v) is 6.25. The van der Waals surface area contributed by atoms with Crippen molar-refractivity contribution >= 4 is 26.6 Å². The van der Waals surface area contributed by atoms with Gasteiger partial charge in [-0.2, -0.15) is 10.4 Å². The molecule has 0 unspecified atom stereocenters. The minimum Gasteiger partial charge on any atom is -0.473 e. The van der Waals surface area contributed by atoms with E-state index in [0.717, 1.165) is 5.56 Å². The number of carbonyl (C=O) groups excluding carboxylic acids is 1. The molecular formula is C25H27N5O6S. The number of nitrogens with zero attached hydrogens (tertiary/aromatic N) is 4. The van der Waals surface area contributed by atoms with Crippen molar-refractivity contribution in [1.29, 1.82) is 5.26 Å². The summed E-state index contributed by atoms with van der Waals surface area (Å²) in [5, 5.41) is 29.5. The van der Waals surface area contributed by atoms with E-state index >= 15 is 0 Å². The van der Waals surface area contributed by atoms with Crippen molar-refractivity contribution in [1.82, 2.24) is 20.1 Å². The van der Waals surface area contributed by atoms with Crippen molar-refractivity contribution in [3.63, 3.8) is 0 Å². The van der Waals surface area contributed by atoms with Crippen LogP contribution in [0.5, 0.6) is 5.88 Å². The predicted molar refractivity (Wildman–Crippen MR) is 135 cm³/mol. The highest BCUT2D eigenvalue weighted by Gasteiger charge is 2.60. The molecule has 1 saturated carbocycles. The molecule has 1 aromatic carbocycles. The Kier molecular flexibility index (Phi) is 6.79. The second kappa shape index (κ2) is 9.57. The van der Waals surface area contributed by atoms with Gasteiger partial charge in [-0.25, -0.2) is 8.42 Å². The van der Waals surface area contributed by atoms with Gasteiger partial charge >= 0.3 is 0 Å². The van der Waals surface area contributed by atoms with E-state index in [-0.39, 0.29) is 30.1 Å². The summed E-state index contributed by atoms with van der Waals surface area (Å²) < 4.78 is 30.8. The number of aromatic nitrogens is 3. The van der Waals surface area contributed by atoms with E-state index in [0.29, 0.717) is 23.8 Å². The number of aryl methyl sites for hydroxylation is 1. The molecule has 2 aromatic heterocycles. The number of hydrogen-bond acceptors (Lipinski definition) is 9. The van der Waals surface area contributed by atoms with Crippen LogP contribution in [-0.2, 0) is 23.4 Å². The lowest BCUT2D eigenvalue weighted by molar-refractivity contribution is 0.0949. The average Bonchev–Trinajstić information content (AvgIpc) is 3.70. The monoisotopic (exact) mass is 525 g/mol. The van der Waals surface area contributed by atoms with Crippen LogP contribution in [0.4, 0.5) is 0 Å². The van der Waals surface area contributed by atoms with Gasteiger partial charge in [-0.15, -0.1) is 5.10 Å². The molecule has 0 bridgehead atoms. The first-order valence-electron chi connectivity index (χ1n) is 11.6. The molecule has 37 heavy (non-hydrogen) atoms. The van der Waals surface area contributed by atoms with Gasteiger partial charge in [0.05, 0.1) is 29.2 Å². The third kappa shape index (κ3) is 4.68. The van der Waals surface area contributed by atoms with E-state index < -0.39 is 37.4 Å². The number of fused-ring (bicyclic) bond motifs is 1. The van der Waals surface area contributed by atoms with E-state index in [1.54, 1.807) is 24.3 Å². The first-order valence-corrected chi connectivity index (χ1v) is 13.1. The van der Waals surface area contributed by atoms with Gasteiger partial charge in [0.2, 0.25) is 0 Å². The number of carbonyl (C=O) groups is 1. The number of sulfone groups is 1. The first kappa shape index (κ1) is 26.2. The van der Waals surface area contributed by atoms with E-state index in [4.69, 9.17) is 10.00 Å². The quantitative estimate of drug-likeness (QED) is 0.418. The fraction of sp³-hybridized carbons (Fsp3) is 0.400. The normalized spacial score (nSPS) is 14.7. The number of aliphatic hydroxyl groups is 1. The highest BCUT2D eigenvalue weighted by molar-refractivity contribution is 7.94. The maximum absolute atomic E-state index is 13.1. The number of benzene rings is 1. The summed E-state index contributed by atoms with van der Waals surface area (Å²) in [5.74, 6) is -0.606. The van der Waals surface area contributed by atoms with Crippen molar-refractivity contribution < 1.29 is 23.1 Å². The Morgan fingerprint density at radius 3 is 2.57 bits per heavy atom. The van der Waals surface area contributed by atoms with E-state index in [9.17, 15) is 23.1 Å². The molecule has 1 fully saturated rings. The molecule has 0 aliphatic heterocycles. The maximum atomic E-state index is 13.1. The lowest BCUT2D eigenvalue weighted by Gasteiger charge is -2.28. The van der Waals surface area contributed by atoms with Gasteiger partial charge in [-0.1, -0.05) is 12.1 Å². The zero-order chi connectivity index (χ0) is 27.0. The van der Waals surface area contributed by atoms with Crippen molar-refractivity contribution in [2.24, 2.45) is 7.05 Å². The number of pyridine rings is 1. The number of nitrogens with one attached hydrogen (secondary N) is 1. The Labute approximate surface area is 213 Å². The van der Waals surface area contributed by atoms with Crippen LogP contribution in [0.15, 0.2) is 41.3 Å². The van der Waals surface area contributed by atoms with Crippen LogP contribution in [0.25, 0.3) is 10.9 Å². The molecule has 0 spiro atoms. The fourth-order valence-electron chi connectivity index (χ4n) is 4.05. The molecule has 3 aromatic rings. The Hall–Kier alpha value is -3.82. The molecule has 1 aliphatic carbocycles. The molecule has 11 nitrogen and oxygen atoms in total. The summed E-state index contributed by atoms with van der Waals surface area (Å²) in [6.45, 7) is 2.38. The van der Waals surface area contributed by atoms with Gasteiger partial charge in [-0.3, -0.25) is 9.59 Å². The molecule has 194 valence electrons. The number of hydrogen-bond donors (Lipinski definition) is 2. The van der Waals surface area contributed by atoms with Gasteiger partial charge in [0.1, 0.15) is 22.4 Å². The lowest BCUT2D eigenvalue weighted by atomic mass is 10.1. The second-order valence-electron chi connectivity index (χ2n) is 9.76. The highest BCUT2D eigenvalue weighted by atomic mass is 32.2. The van der Waals surface area contributed by atoms with Crippen molar-refractivity contribution in [2.45, 2.75) is 42.7 Å². The smallest absolute Gasteiger partial charge is 0.263 e. The summed E-state index contributed by atoms with van der Waals surface area (Å²) in [4.78, 5) is 25.9. The van der Waals surface area contributed by atoms with Crippen LogP contribution in [-0.4, -0.2) is 56.9 Å². The van der Waals surface area contributed by atoms with Crippen molar-refractivity contribution in [3.8, 4) is 11.9 Å². The second-order valence-corrected chi connectivity index (χ2v) is 12.7. The zero-order valence-corrected chi connectivity index (χ0v) is 21.5. The third-order valence-electron chi connectivity index (χ3n) is 6.73. The van der Waals surface area contributed by atoms with Crippen LogP contribution < -0.4 is 15.6 Å². The maximum Gasteiger partial charge on any atom is 0.263 e. The zero-order valence-electron chi connectivity index (χ0n) is 20.7. The standard InChI is InChI=1S/C25H27N5O6S/c1-24(2,14-31)37(34,35)25(8-9-25)15-36-22-20-18(13-28-29-22)10-19(23(33)30(20)3)21(32)27-12-17-6-4-16(11-26)5-7-17/h4-7,10,13,31H,8-9,12,14-15H2,1-3H3,(H,27,32). The average molecular weight is 526 g/mol. The third-order valence-corrected chi connectivity index (χ3v) is 9.98. The van der Waals surface area contributed by atoms with E-state index in [2.05, 4.69) is 15.5 Å². The topological polar surface area (TPSA) is 164 Å². The number of ether oxygens (including phenoxy) is 1. The minimum absolute atomic E-state index is 0.0232. The molecule has 12 heteroatoms. The molecule has 1 aliphatic rings. The van der Waals surface area contributed by atoms with Crippen LogP contribution in [0, 0.1) is 11.3 Å². The summed E-state index contributed by atoms with van der Waals surface area (Å²) in [6.07, 6.45) is 2.16. The SMILES string of the molecule is Cn1c(=O)c(C(=O)NCc2ccc(C#N)cc2)cc2cnnc(OCC3(S(=O)(=O)C(C)(C)CO)CC3)c21. The molecule has 1 amide bonds. The van der Waals surface area contributed by atoms with Gasteiger partial charge in [0, 0.05) is 19.0 Å². The summed E-state index contributed by atoms with van der Waals surface area (Å²) >= 11 is 0. The van der Waals surface area contributed by atoms with Gasteiger partial charge in [0.15, 0.2) is 9.84 Å². The van der Waals surface area contributed by atoms with Crippen molar-refractivity contribution in [3.05, 3.63) is 63.6 Å². The van der Waals surface area contributed by atoms with Gasteiger partial charge < -0.3 is 19.7 Å². The number of aliphatic hydroxyl groups excluding tert-OH is 1. The molecule has 2 N–H and O–H groups in total. The lowest BCUT2D eigenvalue weighted by Crippen LogP contribution is -2.46. The Morgan fingerprint density at radius 1 is 1.30 bits per heavy atom. The van der Waals surface area contributed by atoms with Crippen LogP contribution >= 0.6 is 0 Å². The highest BCUT2D eigenvalue weighted by Crippen LogP contribution is 2.48. The summed E-state index contributed by atoms with van der Waals surface area (Å²) in [5.41, 5.74) is 0.851. The minimum atomic E-state index is -3.73. The van der Waals surface area contributed by atoms with Crippen LogP contribution in [0.3, 0.4) is 0 Å². The molecular weight excluding hydrogens is 498 g/mol. The Bertz CT molecular complexity index is 1570. The van der Waals surface area contributed by atoms with E-state index in [1.165, 1.54) is 37.7 Å². The molecule has 0 radical (unpaired) electrons. The molecule has 0 atom stereocenters. The predicted octanol–water partition coefficient (Wildman–Crippen LogP) is 1.23. The largest absolute Gasteiger partial charge is 0.473 e.